The third kappa shape index (κ3) is 3.87. The molecular weight excluding hydrogens is 301 g/mol. The largest absolute Gasteiger partial charge is 0.481 e. The van der Waals surface area contributed by atoms with Crippen LogP contribution in [0.5, 0.6) is 0 Å². The number of halogens is 2. The van der Waals surface area contributed by atoms with Gasteiger partial charge < -0.3 is 10.4 Å². The minimum Gasteiger partial charge on any atom is -0.481 e. The van der Waals surface area contributed by atoms with Crippen molar-refractivity contribution in [2.75, 3.05) is 0 Å². The molecular formula is C14H17Cl2NO3. The van der Waals surface area contributed by atoms with E-state index in [0.29, 0.717) is 12.8 Å². The molecule has 0 heterocycles. The number of carbonyl (C=O) groups is 2. The van der Waals surface area contributed by atoms with Gasteiger partial charge in [-0.3, -0.25) is 9.59 Å². The minimum atomic E-state index is -0.953. The summed E-state index contributed by atoms with van der Waals surface area (Å²) in [7, 11) is 0. The van der Waals surface area contributed by atoms with Crippen molar-refractivity contribution in [1.29, 1.82) is 0 Å². The van der Waals surface area contributed by atoms with Gasteiger partial charge in [-0.2, -0.15) is 0 Å². The molecule has 0 spiro atoms. The number of rotatable bonds is 6. The van der Waals surface area contributed by atoms with Gasteiger partial charge in [0.1, 0.15) is 0 Å². The Morgan fingerprint density at radius 3 is 2.35 bits per heavy atom. The molecule has 110 valence electrons. The molecule has 0 aromatic heterocycles. The zero-order valence-corrected chi connectivity index (χ0v) is 12.9. The standard InChI is InChI=1S/C14H17Cl2NO3/c1-3-14(4-2,8-11(18)19)17-13(20)9-6-5-7-10(15)12(9)16/h5-7H,3-4,8H2,1-2H3,(H,17,20)(H,18,19). The van der Waals surface area contributed by atoms with E-state index in [2.05, 4.69) is 5.32 Å². The van der Waals surface area contributed by atoms with E-state index in [-0.39, 0.29) is 22.0 Å². The third-order valence-corrected chi connectivity index (χ3v) is 4.24. The lowest BCUT2D eigenvalue weighted by Crippen LogP contribution is -2.49. The summed E-state index contributed by atoms with van der Waals surface area (Å²) in [6.07, 6.45) is 0.892. The molecule has 0 unspecified atom stereocenters. The van der Waals surface area contributed by atoms with Crippen molar-refractivity contribution in [2.24, 2.45) is 0 Å². The van der Waals surface area contributed by atoms with Crippen LogP contribution in [0.15, 0.2) is 18.2 Å². The lowest BCUT2D eigenvalue weighted by molar-refractivity contribution is -0.138. The van der Waals surface area contributed by atoms with Crippen LogP contribution in [0.2, 0.25) is 10.0 Å². The molecule has 0 bridgehead atoms. The van der Waals surface area contributed by atoms with Crippen LogP contribution in [-0.4, -0.2) is 22.5 Å². The molecule has 1 aromatic rings. The molecule has 2 N–H and O–H groups in total. The molecule has 1 aromatic carbocycles. The van der Waals surface area contributed by atoms with Gasteiger partial charge in [0.2, 0.25) is 0 Å². The Morgan fingerprint density at radius 1 is 1.25 bits per heavy atom. The monoisotopic (exact) mass is 317 g/mol. The summed E-state index contributed by atoms with van der Waals surface area (Å²) in [6, 6.07) is 4.77. The highest BCUT2D eigenvalue weighted by Gasteiger charge is 2.31. The van der Waals surface area contributed by atoms with Crippen molar-refractivity contribution in [2.45, 2.75) is 38.6 Å². The predicted octanol–water partition coefficient (Wildman–Crippen LogP) is 3.76. The Balaban J connectivity index is 3.02. The lowest BCUT2D eigenvalue weighted by Gasteiger charge is -2.31. The summed E-state index contributed by atoms with van der Waals surface area (Å²) in [5.41, 5.74) is -0.537. The summed E-state index contributed by atoms with van der Waals surface area (Å²) in [5, 5.41) is 12.2. The maximum atomic E-state index is 12.3. The molecule has 0 radical (unpaired) electrons. The smallest absolute Gasteiger partial charge is 0.305 e. The SMILES string of the molecule is CCC(CC)(CC(=O)O)NC(=O)c1cccc(Cl)c1Cl. The van der Waals surface area contributed by atoms with Gasteiger partial charge in [0.05, 0.1) is 27.6 Å². The van der Waals surface area contributed by atoms with Crippen LogP contribution in [0.25, 0.3) is 0 Å². The van der Waals surface area contributed by atoms with E-state index in [1.807, 2.05) is 13.8 Å². The summed E-state index contributed by atoms with van der Waals surface area (Å²) in [5.74, 6) is -1.37. The first-order valence-electron chi connectivity index (χ1n) is 6.33. The van der Waals surface area contributed by atoms with E-state index in [0.717, 1.165) is 0 Å². The van der Waals surface area contributed by atoms with E-state index in [4.69, 9.17) is 28.3 Å². The van der Waals surface area contributed by atoms with E-state index < -0.39 is 17.4 Å². The average molecular weight is 318 g/mol. The summed E-state index contributed by atoms with van der Waals surface area (Å²) in [4.78, 5) is 23.3. The van der Waals surface area contributed by atoms with Crippen molar-refractivity contribution in [1.82, 2.24) is 5.32 Å². The number of nitrogens with one attached hydrogen (secondary N) is 1. The Bertz CT molecular complexity index is 513. The maximum absolute atomic E-state index is 12.3. The highest BCUT2D eigenvalue weighted by molar-refractivity contribution is 6.43. The molecule has 0 fully saturated rings. The fraction of sp³-hybridized carbons (Fsp3) is 0.429. The second-order valence-corrected chi connectivity index (χ2v) is 5.40. The van der Waals surface area contributed by atoms with Crippen LogP contribution in [0, 0.1) is 0 Å². The number of hydrogen-bond acceptors (Lipinski definition) is 2. The van der Waals surface area contributed by atoms with Gasteiger partial charge >= 0.3 is 5.97 Å². The molecule has 0 saturated carbocycles. The van der Waals surface area contributed by atoms with Gasteiger partial charge in [-0.05, 0) is 25.0 Å². The molecule has 1 amide bonds. The zero-order valence-electron chi connectivity index (χ0n) is 11.4. The first kappa shape index (κ1) is 16.8. The molecule has 0 atom stereocenters. The molecule has 0 saturated heterocycles. The Kier molecular flexibility index (Phi) is 5.84. The van der Waals surface area contributed by atoms with Crippen molar-refractivity contribution in [3.8, 4) is 0 Å². The van der Waals surface area contributed by atoms with Crippen LogP contribution >= 0.6 is 23.2 Å². The van der Waals surface area contributed by atoms with Crippen molar-refractivity contribution in [3.05, 3.63) is 33.8 Å². The highest BCUT2D eigenvalue weighted by Crippen LogP contribution is 2.27. The van der Waals surface area contributed by atoms with Gasteiger partial charge in [0, 0.05) is 0 Å². The second kappa shape index (κ2) is 6.95. The number of carbonyl (C=O) groups excluding carboxylic acids is 1. The number of hydrogen-bond donors (Lipinski definition) is 2. The molecule has 20 heavy (non-hydrogen) atoms. The average Bonchev–Trinajstić information content (AvgIpc) is 2.40. The van der Waals surface area contributed by atoms with E-state index >= 15 is 0 Å². The highest BCUT2D eigenvalue weighted by atomic mass is 35.5. The van der Waals surface area contributed by atoms with Gasteiger partial charge in [0.25, 0.3) is 5.91 Å². The van der Waals surface area contributed by atoms with Crippen molar-refractivity contribution >= 4 is 35.1 Å². The Hall–Kier alpha value is -1.26. The normalized spacial score (nSPS) is 11.2. The van der Waals surface area contributed by atoms with Crippen LogP contribution in [0.1, 0.15) is 43.5 Å². The number of amides is 1. The number of benzene rings is 1. The van der Waals surface area contributed by atoms with Crippen molar-refractivity contribution in [3.63, 3.8) is 0 Å². The first-order valence-corrected chi connectivity index (χ1v) is 7.09. The van der Waals surface area contributed by atoms with Crippen LogP contribution in [0.3, 0.4) is 0 Å². The van der Waals surface area contributed by atoms with Crippen molar-refractivity contribution < 1.29 is 14.7 Å². The summed E-state index contributed by atoms with van der Waals surface area (Å²) >= 11 is 11.9. The topological polar surface area (TPSA) is 66.4 Å². The number of carboxylic acids is 1. The minimum absolute atomic E-state index is 0.135. The Labute approximate surface area is 128 Å². The van der Waals surface area contributed by atoms with Gasteiger partial charge in [-0.1, -0.05) is 43.1 Å². The van der Waals surface area contributed by atoms with Gasteiger partial charge in [-0.25, -0.2) is 0 Å². The predicted molar refractivity (Wildman–Crippen MR) is 79.5 cm³/mol. The molecule has 0 aliphatic carbocycles. The van der Waals surface area contributed by atoms with E-state index in [1.165, 1.54) is 0 Å². The van der Waals surface area contributed by atoms with Crippen LogP contribution in [-0.2, 0) is 4.79 Å². The number of carboxylic acid groups (broad SMARTS) is 1. The Morgan fingerprint density at radius 2 is 1.85 bits per heavy atom. The molecule has 6 heteroatoms. The third-order valence-electron chi connectivity index (χ3n) is 3.42. The summed E-state index contributed by atoms with van der Waals surface area (Å²) < 4.78 is 0. The van der Waals surface area contributed by atoms with Gasteiger partial charge in [0.15, 0.2) is 0 Å². The fourth-order valence-corrected chi connectivity index (χ4v) is 2.38. The summed E-state index contributed by atoms with van der Waals surface area (Å²) in [6.45, 7) is 3.68. The lowest BCUT2D eigenvalue weighted by atomic mass is 9.88. The molecule has 1 rings (SSSR count). The van der Waals surface area contributed by atoms with Crippen LogP contribution < -0.4 is 5.32 Å². The first-order chi connectivity index (χ1) is 9.35. The van der Waals surface area contributed by atoms with E-state index in [1.54, 1.807) is 18.2 Å². The fourth-order valence-electron chi connectivity index (χ4n) is 2.00. The second-order valence-electron chi connectivity index (χ2n) is 4.61. The van der Waals surface area contributed by atoms with Crippen LogP contribution in [0.4, 0.5) is 0 Å². The van der Waals surface area contributed by atoms with E-state index in [9.17, 15) is 9.59 Å². The quantitative estimate of drug-likeness (QED) is 0.839. The molecule has 0 aliphatic rings. The number of aliphatic carboxylic acids is 1. The molecule has 0 aliphatic heterocycles. The zero-order chi connectivity index (χ0) is 15.3. The van der Waals surface area contributed by atoms with Gasteiger partial charge in [-0.15, -0.1) is 0 Å². The maximum Gasteiger partial charge on any atom is 0.305 e. The molecule has 4 nitrogen and oxygen atoms in total.